The van der Waals surface area contributed by atoms with Crippen LogP contribution in [0.1, 0.15) is 89.0 Å². The molecule has 46 heavy (non-hydrogen) atoms. The number of nitrogens with zero attached hydrogens (tertiary/aromatic N) is 1. The van der Waals surface area contributed by atoms with Crippen LogP contribution in [0.3, 0.4) is 0 Å². The van der Waals surface area contributed by atoms with Crippen molar-refractivity contribution >= 4 is 23.6 Å². The normalized spacial score (nSPS) is 43.4. The summed E-state index contributed by atoms with van der Waals surface area (Å²) in [6.07, 6.45) is -4.39. The van der Waals surface area contributed by atoms with E-state index in [9.17, 15) is 24.3 Å². The van der Waals surface area contributed by atoms with Crippen molar-refractivity contribution in [3.05, 3.63) is 0 Å². The van der Waals surface area contributed by atoms with E-state index in [4.69, 9.17) is 23.7 Å². The minimum atomic E-state index is -1.35. The molecule has 0 radical (unpaired) electrons. The molecule has 13 atom stereocenters. The van der Waals surface area contributed by atoms with Crippen molar-refractivity contribution in [2.24, 2.45) is 29.1 Å². The first kappa shape index (κ1) is 38.3. The number of Topliss-reactive ketones (excluding diaryl/α,β-unsaturated/α-hetero) is 2. The van der Waals surface area contributed by atoms with Gasteiger partial charge in [0.25, 0.3) is 0 Å². The smallest absolute Gasteiger partial charge is 0.408 e. The van der Waals surface area contributed by atoms with Gasteiger partial charge in [-0.05, 0) is 59.9 Å². The number of alkyl carbamates (subject to hydrolysis) is 1. The quantitative estimate of drug-likeness (QED) is 0.331. The van der Waals surface area contributed by atoms with E-state index < -0.39 is 83.4 Å². The highest BCUT2D eigenvalue weighted by atomic mass is 16.7. The van der Waals surface area contributed by atoms with Gasteiger partial charge in [-0.1, -0.05) is 41.5 Å². The van der Waals surface area contributed by atoms with Crippen molar-refractivity contribution in [2.45, 2.75) is 143 Å². The van der Waals surface area contributed by atoms with Gasteiger partial charge in [-0.3, -0.25) is 14.4 Å². The number of aliphatic hydroxyl groups is 1. The van der Waals surface area contributed by atoms with Crippen LogP contribution in [0.5, 0.6) is 0 Å². The van der Waals surface area contributed by atoms with Crippen LogP contribution < -0.4 is 5.32 Å². The van der Waals surface area contributed by atoms with Gasteiger partial charge in [0.1, 0.15) is 23.9 Å². The third-order valence-electron chi connectivity index (χ3n) is 10.4. The average Bonchev–Trinajstić information content (AvgIpc) is 3.28. The van der Waals surface area contributed by atoms with Gasteiger partial charge in [-0.15, -0.1) is 0 Å². The highest BCUT2D eigenvalue weighted by Crippen LogP contribution is 2.39. The summed E-state index contributed by atoms with van der Waals surface area (Å²) >= 11 is 0. The van der Waals surface area contributed by atoms with Crippen LogP contribution >= 0.6 is 0 Å². The molecule has 0 spiro atoms. The van der Waals surface area contributed by atoms with Gasteiger partial charge in [0.05, 0.1) is 23.9 Å². The molecule has 2 N–H and O–H groups in total. The highest BCUT2D eigenvalue weighted by Gasteiger charge is 2.56. The van der Waals surface area contributed by atoms with E-state index in [0.717, 1.165) is 6.54 Å². The highest BCUT2D eigenvalue weighted by molar-refractivity contribution is 6.00. The second-order valence-electron chi connectivity index (χ2n) is 15.6. The number of fused-ring (bicyclic) bond motifs is 1. The molecule has 0 unspecified atom stereocenters. The predicted octanol–water partition coefficient (Wildman–Crippen LogP) is 3.50. The van der Waals surface area contributed by atoms with Crippen LogP contribution in [0.4, 0.5) is 4.79 Å². The molecule has 12 nitrogen and oxygen atoms in total. The Morgan fingerprint density at radius 2 is 1.61 bits per heavy atom. The zero-order valence-electron chi connectivity index (χ0n) is 30.0. The number of ketones is 2. The van der Waals surface area contributed by atoms with Crippen molar-refractivity contribution < 1.29 is 48.0 Å². The Hall–Kier alpha value is -2.12. The molecule has 0 saturated carbocycles. The monoisotopic (exact) mass is 654 g/mol. The van der Waals surface area contributed by atoms with Crippen LogP contribution in [-0.4, -0.2) is 108 Å². The molecule has 3 aliphatic heterocycles. The SMILES string of the molecule is CO[C@]1(C)C[C@@H](C)C(=O)[C@H](C)[C@H]2NC(=O)O[C@]2(C)[C@@H](C)OC(=O)[C@H](C)C(=O)[C@H](C)[C@H]1O[C@@H]1O[C@H](C)C[C@H](N(C)CC(C)(C)C)[C@H]1O. The van der Waals surface area contributed by atoms with Crippen molar-refractivity contribution in [1.82, 2.24) is 10.2 Å². The summed E-state index contributed by atoms with van der Waals surface area (Å²) in [5.74, 6) is -4.86. The lowest BCUT2D eigenvalue weighted by Gasteiger charge is -2.47. The first-order valence-electron chi connectivity index (χ1n) is 16.6. The zero-order valence-corrected chi connectivity index (χ0v) is 30.0. The molecule has 0 aromatic rings. The standard InChI is InChI=1S/C34H58N2O10/c1-17-15-33(10,42-13)28(45-30-26(39)23(14-18(2)43-30)36(12)16-32(7,8)9)20(4)25(38)21(5)29(40)44-22(6)34(11)27(19(3)24(17)37)35-31(41)46-34/h17-23,26-28,30,39H,14-16H2,1-13H3,(H,35,41)/t17-,18-,19+,20+,21-,22-,23+,26-,27-,28-,30+,33-,34-/m1/s1. The number of amides is 1. The second-order valence-corrected chi connectivity index (χ2v) is 15.6. The fourth-order valence-corrected chi connectivity index (χ4v) is 7.59. The Kier molecular flexibility index (Phi) is 11.8. The van der Waals surface area contributed by atoms with E-state index in [-0.39, 0.29) is 29.8 Å². The first-order chi connectivity index (χ1) is 21.1. The van der Waals surface area contributed by atoms with Crippen molar-refractivity contribution in [3.63, 3.8) is 0 Å². The number of ether oxygens (including phenoxy) is 5. The molecular weight excluding hydrogens is 596 g/mol. The van der Waals surface area contributed by atoms with E-state index in [1.54, 1.807) is 41.5 Å². The molecule has 3 saturated heterocycles. The second kappa shape index (κ2) is 14.2. The largest absolute Gasteiger partial charge is 0.458 e. The molecule has 3 rings (SSSR count). The Morgan fingerprint density at radius 1 is 1.00 bits per heavy atom. The van der Waals surface area contributed by atoms with Gasteiger partial charge in [-0.25, -0.2) is 4.79 Å². The number of nitrogens with one attached hydrogen (secondary N) is 1. The Labute approximate surface area is 274 Å². The summed E-state index contributed by atoms with van der Waals surface area (Å²) in [5, 5.41) is 14.3. The number of carbonyl (C=O) groups excluding carboxylic acids is 4. The Morgan fingerprint density at radius 3 is 2.17 bits per heavy atom. The molecule has 12 heteroatoms. The molecule has 0 aliphatic carbocycles. The summed E-state index contributed by atoms with van der Waals surface area (Å²) in [6.45, 7) is 20.6. The minimum absolute atomic E-state index is 0.0139. The van der Waals surface area contributed by atoms with Crippen LogP contribution in [-0.2, 0) is 38.1 Å². The summed E-state index contributed by atoms with van der Waals surface area (Å²) in [4.78, 5) is 55.9. The number of carbonyl (C=O) groups is 4. The lowest BCUT2D eigenvalue weighted by Crippen LogP contribution is -2.60. The number of methoxy groups -OCH3 is 1. The van der Waals surface area contributed by atoms with E-state index in [1.165, 1.54) is 14.0 Å². The van der Waals surface area contributed by atoms with Crippen molar-refractivity contribution in [1.29, 1.82) is 0 Å². The molecule has 3 fully saturated rings. The van der Waals surface area contributed by atoms with Crippen LogP contribution in [0.2, 0.25) is 0 Å². The maximum Gasteiger partial charge on any atom is 0.408 e. The maximum atomic E-state index is 14.0. The third-order valence-corrected chi connectivity index (χ3v) is 10.4. The number of likely N-dealkylation sites (N-methyl/N-ethyl adjacent to an activating group) is 1. The van der Waals surface area contributed by atoms with E-state index in [0.29, 0.717) is 6.42 Å². The average molecular weight is 655 g/mol. The summed E-state index contributed by atoms with van der Waals surface area (Å²) in [6, 6.07) is -1.07. The molecule has 0 bridgehead atoms. The molecule has 1 amide bonds. The van der Waals surface area contributed by atoms with Gasteiger partial charge in [0.2, 0.25) is 0 Å². The van der Waals surface area contributed by atoms with Gasteiger partial charge < -0.3 is 39.0 Å². The molecule has 3 heterocycles. The fraction of sp³-hybridized carbons (Fsp3) is 0.882. The molecule has 0 aromatic carbocycles. The van der Waals surface area contributed by atoms with E-state index in [2.05, 4.69) is 31.0 Å². The molecule has 0 aromatic heterocycles. The number of aliphatic hydroxyl groups excluding tert-OH is 1. The number of rotatable bonds is 5. The number of esters is 1. The van der Waals surface area contributed by atoms with Gasteiger partial charge in [0, 0.05) is 37.5 Å². The third kappa shape index (κ3) is 7.94. The van der Waals surface area contributed by atoms with Crippen LogP contribution in [0.25, 0.3) is 0 Å². The van der Waals surface area contributed by atoms with E-state index >= 15 is 0 Å². The Bertz CT molecular complexity index is 1140. The summed E-state index contributed by atoms with van der Waals surface area (Å²) in [7, 11) is 3.45. The van der Waals surface area contributed by atoms with Crippen LogP contribution in [0, 0.1) is 29.1 Å². The minimum Gasteiger partial charge on any atom is -0.458 e. The lowest BCUT2D eigenvalue weighted by molar-refractivity contribution is -0.296. The van der Waals surface area contributed by atoms with Gasteiger partial charge in [-0.2, -0.15) is 0 Å². The predicted molar refractivity (Wildman–Crippen MR) is 170 cm³/mol. The van der Waals surface area contributed by atoms with Crippen molar-refractivity contribution in [3.8, 4) is 0 Å². The summed E-state index contributed by atoms with van der Waals surface area (Å²) < 4.78 is 30.2. The lowest BCUT2D eigenvalue weighted by atomic mass is 9.74. The molecule has 264 valence electrons. The topological polar surface area (TPSA) is 150 Å². The molecular formula is C34H58N2O10. The summed E-state index contributed by atoms with van der Waals surface area (Å²) in [5.41, 5.74) is -2.60. The van der Waals surface area contributed by atoms with Crippen molar-refractivity contribution in [2.75, 3.05) is 20.7 Å². The first-order valence-corrected chi connectivity index (χ1v) is 16.6. The Balaban J connectivity index is 2.04. The number of cyclic esters (lactones) is 1. The molecule has 3 aliphatic rings. The van der Waals surface area contributed by atoms with Gasteiger partial charge in [0.15, 0.2) is 17.7 Å². The number of hydrogen-bond acceptors (Lipinski definition) is 11. The zero-order chi connectivity index (χ0) is 35.1. The number of hydrogen-bond donors (Lipinski definition) is 2. The maximum absolute atomic E-state index is 14.0. The fourth-order valence-electron chi connectivity index (χ4n) is 7.59. The van der Waals surface area contributed by atoms with Gasteiger partial charge >= 0.3 is 12.1 Å². The van der Waals surface area contributed by atoms with E-state index in [1.807, 2.05) is 14.0 Å². The van der Waals surface area contributed by atoms with Crippen LogP contribution in [0.15, 0.2) is 0 Å².